The molecule has 2 aromatic carbocycles. The lowest BCUT2D eigenvalue weighted by molar-refractivity contribution is 0.467. The Morgan fingerprint density at radius 1 is 0.895 bits per heavy atom. The fourth-order valence-corrected chi connectivity index (χ4v) is 2.16. The third kappa shape index (κ3) is 3.02. The van der Waals surface area contributed by atoms with E-state index in [1.807, 2.05) is 38.3 Å². The van der Waals surface area contributed by atoms with E-state index in [1.165, 1.54) is 11.1 Å². The number of phenols is 1. The molecule has 0 spiro atoms. The maximum Gasteiger partial charge on any atom is 0.121 e. The van der Waals surface area contributed by atoms with Crippen LogP contribution in [0.4, 0.5) is 5.69 Å². The minimum absolute atomic E-state index is 0.365. The van der Waals surface area contributed by atoms with Gasteiger partial charge in [-0.25, -0.2) is 0 Å². The number of rotatable bonds is 2. The molecule has 98 valence electrons. The first-order valence-electron chi connectivity index (χ1n) is 6.39. The van der Waals surface area contributed by atoms with E-state index in [9.17, 15) is 5.11 Å². The van der Waals surface area contributed by atoms with Crippen molar-refractivity contribution in [2.24, 2.45) is 4.99 Å². The molecule has 0 saturated carbocycles. The van der Waals surface area contributed by atoms with Crippen molar-refractivity contribution in [3.8, 4) is 5.75 Å². The van der Waals surface area contributed by atoms with Crippen molar-refractivity contribution in [3.63, 3.8) is 0 Å². The standard InChI is InChI=1S/C17H19NO/c1-11-5-6-16(12(2)7-11)18-10-15-8-13(3)17(19)14(4)9-15/h5-10,19H,1-4H3. The highest BCUT2D eigenvalue weighted by molar-refractivity contribution is 5.83. The predicted octanol–water partition coefficient (Wildman–Crippen LogP) is 4.38. The lowest BCUT2D eigenvalue weighted by Crippen LogP contribution is -1.87. The molecule has 0 radical (unpaired) electrons. The zero-order valence-corrected chi connectivity index (χ0v) is 11.9. The average molecular weight is 253 g/mol. The van der Waals surface area contributed by atoms with Gasteiger partial charge in [0.05, 0.1) is 5.69 Å². The van der Waals surface area contributed by atoms with E-state index in [1.54, 1.807) is 0 Å². The summed E-state index contributed by atoms with van der Waals surface area (Å²) in [6.07, 6.45) is 1.84. The van der Waals surface area contributed by atoms with Crippen molar-refractivity contribution in [2.75, 3.05) is 0 Å². The van der Waals surface area contributed by atoms with Crippen LogP contribution in [0, 0.1) is 27.7 Å². The molecule has 0 saturated heterocycles. The quantitative estimate of drug-likeness (QED) is 0.792. The predicted molar refractivity (Wildman–Crippen MR) is 80.8 cm³/mol. The van der Waals surface area contributed by atoms with E-state index in [0.29, 0.717) is 5.75 Å². The van der Waals surface area contributed by atoms with Gasteiger partial charge in [0.15, 0.2) is 0 Å². The molecule has 0 aromatic heterocycles. The van der Waals surface area contributed by atoms with Crippen molar-refractivity contribution in [1.29, 1.82) is 0 Å². The molecule has 0 aliphatic rings. The minimum atomic E-state index is 0.365. The fraction of sp³-hybridized carbons (Fsp3) is 0.235. The maximum atomic E-state index is 9.75. The zero-order valence-electron chi connectivity index (χ0n) is 11.9. The van der Waals surface area contributed by atoms with Gasteiger partial charge in [-0.3, -0.25) is 4.99 Å². The maximum absolute atomic E-state index is 9.75. The van der Waals surface area contributed by atoms with Crippen LogP contribution in [0.15, 0.2) is 35.3 Å². The highest BCUT2D eigenvalue weighted by Gasteiger charge is 2.02. The van der Waals surface area contributed by atoms with Crippen LogP contribution >= 0.6 is 0 Å². The van der Waals surface area contributed by atoms with Gasteiger partial charge < -0.3 is 5.11 Å². The monoisotopic (exact) mass is 253 g/mol. The third-order valence-corrected chi connectivity index (χ3v) is 3.22. The van der Waals surface area contributed by atoms with Crippen molar-refractivity contribution in [3.05, 3.63) is 58.1 Å². The highest BCUT2D eigenvalue weighted by atomic mass is 16.3. The Balaban J connectivity index is 2.32. The van der Waals surface area contributed by atoms with E-state index in [-0.39, 0.29) is 0 Å². The lowest BCUT2D eigenvalue weighted by Gasteiger charge is -2.05. The first kappa shape index (κ1) is 13.3. The Labute approximate surface area is 114 Å². The van der Waals surface area contributed by atoms with Crippen LogP contribution in [0.25, 0.3) is 0 Å². The number of hydrogen-bond donors (Lipinski definition) is 1. The van der Waals surface area contributed by atoms with Crippen LogP contribution < -0.4 is 0 Å². The van der Waals surface area contributed by atoms with Crippen LogP contribution in [0.1, 0.15) is 27.8 Å². The topological polar surface area (TPSA) is 32.6 Å². The number of hydrogen-bond acceptors (Lipinski definition) is 2. The molecule has 0 bridgehead atoms. The molecule has 0 aliphatic carbocycles. The van der Waals surface area contributed by atoms with Crippen molar-refractivity contribution in [2.45, 2.75) is 27.7 Å². The lowest BCUT2D eigenvalue weighted by atomic mass is 10.1. The molecular formula is C17H19NO. The Kier molecular flexibility index (Phi) is 3.70. The van der Waals surface area contributed by atoms with Gasteiger partial charge in [0.1, 0.15) is 5.75 Å². The van der Waals surface area contributed by atoms with Crippen LogP contribution in [0.2, 0.25) is 0 Å². The van der Waals surface area contributed by atoms with Gasteiger partial charge >= 0.3 is 0 Å². The molecule has 0 aliphatic heterocycles. The van der Waals surface area contributed by atoms with Gasteiger partial charge in [-0.2, -0.15) is 0 Å². The molecule has 2 rings (SSSR count). The second-order valence-electron chi connectivity index (χ2n) is 5.05. The number of aromatic hydroxyl groups is 1. The van der Waals surface area contributed by atoms with Gasteiger partial charge in [0.25, 0.3) is 0 Å². The third-order valence-electron chi connectivity index (χ3n) is 3.22. The number of aliphatic imine (C=N–C) groups is 1. The van der Waals surface area contributed by atoms with Gasteiger partial charge in [0, 0.05) is 6.21 Å². The van der Waals surface area contributed by atoms with Crippen molar-refractivity contribution >= 4 is 11.9 Å². The molecule has 0 fully saturated rings. The summed E-state index contributed by atoms with van der Waals surface area (Å²) < 4.78 is 0. The molecule has 0 atom stereocenters. The summed E-state index contributed by atoms with van der Waals surface area (Å²) in [5.41, 5.74) is 6.15. The Bertz CT molecular complexity index is 619. The van der Waals surface area contributed by atoms with Crippen molar-refractivity contribution in [1.82, 2.24) is 0 Å². The first-order valence-corrected chi connectivity index (χ1v) is 6.39. The Morgan fingerprint density at radius 3 is 2.11 bits per heavy atom. The minimum Gasteiger partial charge on any atom is -0.507 e. The molecule has 2 aromatic rings. The molecule has 0 unspecified atom stereocenters. The summed E-state index contributed by atoms with van der Waals surface area (Å²) in [6, 6.07) is 10.1. The van der Waals surface area contributed by atoms with Gasteiger partial charge in [-0.15, -0.1) is 0 Å². The summed E-state index contributed by atoms with van der Waals surface area (Å²) in [4.78, 5) is 4.52. The zero-order chi connectivity index (χ0) is 14.0. The Hall–Kier alpha value is -2.09. The fourth-order valence-electron chi connectivity index (χ4n) is 2.16. The molecule has 19 heavy (non-hydrogen) atoms. The van der Waals surface area contributed by atoms with E-state index in [2.05, 4.69) is 31.0 Å². The van der Waals surface area contributed by atoms with Crippen LogP contribution in [-0.2, 0) is 0 Å². The van der Waals surface area contributed by atoms with E-state index in [4.69, 9.17) is 0 Å². The second kappa shape index (κ2) is 5.27. The summed E-state index contributed by atoms with van der Waals surface area (Å²) in [7, 11) is 0. The van der Waals surface area contributed by atoms with E-state index >= 15 is 0 Å². The van der Waals surface area contributed by atoms with Gasteiger partial charge in [0.2, 0.25) is 0 Å². The van der Waals surface area contributed by atoms with E-state index < -0.39 is 0 Å². The number of aryl methyl sites for hydroxylation is 4. The molecular weight excluding hydrogens is 234 g/mol. The molecule has 0 amide bonds. The van der Waals surface area contributed by atoms with Crippen LogP contribution in [-0.4, -0.2) is 11.3 Å². The van der Waals surface area contributed by atoms with Gasteiger partial charge in [-0.1, -0.05) is 17.7 Å². The average Bonchev–Trinajstić information content (AvgIpc) is 2.34. The second-order valence-corrected chi connectivity index (χ2v) is 5.05. The SMILES string of the molecule is Cc1ccc(N=Cc2cc(C)c(O)c(C)c2)c(C)c1. The number of benzene rings is 2. The van der Waals surface area contributed by atoms with Crippen LogP contribution in [0.5, 0.6) is 5.75 Å². The molecule has 2 nitrogen and oxygen atoms in total. The Morgan fingerprint density at radius 2 is 1.53 bits per heavy atom. The summed E-state index contributed by atoms with van der Waals surface area (Å²) in [6.45, 7) is 7.94. The van der Waals surface area contributed by atoms with Crippen molar-refractivity contribution < 1.29 is 5.11 Å². The van der Waals surface area contributed by atoms with Crippen LogP contribution in [0.3, 0.4) is 0 Å². The summed E-state index contributed by atoms with van der Waals surface area (Å²) in [5.74, 6) is 0.365. The number of nitrogens with zero attached hydrogens (tertiary/aromatic N) is 1. The van der Waals surface area contributed by atoms with Gasteiger partial charge in [-0.05, 0) is 68.1 Å². The first-order chi connectivity index (χ1) is 8.97. The largest absolute Gasteiger partial charge is 0.507 e. The molecule has 2 heteroatoms. The number of phenolic OH excluding ortho intramolecular Hbond substituents is 1. The summed E-state index contributed by atoms with van der Waals surface area (Å²) in [5, 5.41) is 9.75. The molecule has 0 heterocycles. The smallest absolute Gasteiger partial charge is 0.121 e. The normalized spacial score (nSPS) is 11.2. The van der Waals surface area contributed by atoms with E-state index in [0.717, 1.165) is 22.4 Å². The molecule has 1 N–H and O–H groups in total. The summed E-state index contributed by atoms with van der Waals surface area (Å²) >= 11 is 0. The highest BCUT2D eigenvalue weighted by Crippen LogP contribution is 2.23.